The van der Waals surface area contributed by atoms with Crippen LogP contribution in [0.2, 0.25) is 5.02 Å². The van der Waals surface area contributed by atoms with E-state index in [9.17, 15) is 14.4 Å². The molecule has 0 saturated carbocycles. The van der Waals surface area contributed by atoms with Crippen molar-refractivity contribution in [2.45, 2.75) is 20.0 Å². The first-order chi connectivity index (χ1) is 11.7. The van der Waals surface area contributed by atoms with E-state index in [0.717, 1.165) is 0 Å². The summed E-state index contributed by atoms with van der Waals surface area (Å²) < 4.78 is 10.9. The summed E-state index contributed by atoms with van der Waals surface area (Å²) in [5.41, 5.74) is 0.527. The molecule has 0 aromatic heterocycles. The van der Waals surface area contributed by atoms with Gasteiger partial charge in [0, 0.05) is 0 Å². The predicted octanol–water partition coefficient (Wildman–Crippen LogP) is 3.26. The van der Waals surface area contributed by atoms with Crippen molar-refractivity contribution in [3.63, 3.8) is 0 Å². The summed E-state index contributed by atoms with van der Waals surface area (Å²) in [7, 11) is 1.46. The van der Waals surface area contributed by atoms with Crippen molar-refractivity contribution < 1.29 is 29.0 Å². The summed E-state index contributed by atoms with van der Waals surface area (Å²) in [5, 5.41) is 8.44. The Kier molecular flexibility index (Phi) is 5.97. The number of carboxylic acid groups (broad SMARTS) is 1. The molecule has 1 fully saturated rings. The van der Waals surface area contributed by atoms with Crippen molar-refractivity contribution in [3.8, 4) is 11.5 Å². The highest BCUT2D eigenvalue weighted by Gasteiger charge is 2.36. The third-order valence-electron chi connectivity index (χ3n) is 3.07. The number of carbonyl (C=O) groups excluding carboxylic acids is 2. The van der Waals surface area contributed by atoms with E-state index in [1.165, 1.54) is 13.2 Å². The minimum atomic E-state index is -1.26. The highest BCUT2D eigenvalue weighted by atomic mass is 35.5. The molecule has 1 aliphatic rings. The van der Waals surface area contributed by atoms with Crippen LogP contribution in [0.5, 0.6) is 11.5 Å². The Balaban J connectivity index is 2.35. The lowest BCUT2D eigenvalue weighted by Crippen LogP contribution is -2.33. The average molecular weight is 386 g/mol. The quantitative estimate of drug-likeness (QED) is 0.751. The van der Waals surface area contributed by atoms with Crippen molar-refractivity contribution in [1.29, 1.82) is 0 Å². The van der Waals surface area contributed by atoms with E-state index in [1.807, 2.05) is 13.8 Å². The Morgan fingerprint density at radius 1 is 1.40 bits per heavy atom. The number of aliphatic carboxylic acids is 1. The molecule has 2 rings (SSSR count). The van der Waals surface area contributed by atoms with Gasteiger partial charge >= 0.3 is 5.97 Å². The third-order valence-corrected chi connectivity index (χ3v) is 4.26. The van der Waals surface area contributed by atoms with Crippen LogP contribution >= 0.6 is 23.4 Å². The second-order valence-electron chi connectivity index (χ2n) is 5.36. The topological polar surface area (TPSA) is 93.1 Å². The normalized spacial score (nSPS) is 16.0. The fourth-order valence-corrected chi connectivity index (χ4v) is 3.20. The number of halogens is 1. The Bertz CT molecular complexity index is 761. The van der Waals surface area contributed by atoms with Crippen molar-refractivity contribution in [2.75, 3.05) is 13.7 Å². The maximum atomic E-state index is 12.2. The van der Waals surface area contributed by atoms with Gasteiger partial charge in [0.05, 0.1) is 23.1 Å². The van der Waals surface area contributed by atoms with Gasteiger partial charge in [0.25, 0.3) is 11.1 Å². The van der Waals surface area contributed by atoms with E-state index >= 15 is 0 Å². The first kappa shape index (κ1) is 19.1. The Morgan fingerprint density at radius 3 is 2.64 bits per heavy atom. The lowest BCUT2D eigenvalue weighted by Gasteiger charge is -2.15. The van der Waals surface area contributed by atoms with Crippen LogP contribution in [0.4, 0.5) is 4.79 Å². The lowest BCUT2D eigenvalue weighted by molar-refractivity contribution is -0.140. The number of methoxy groups -OCH3 is 1. The fourth-order valence-electron chi connectivity index (χ4n) is 2.10. The van der Waals surface area contributed by atoms with E-state index < -0.39 is 23.7 Å². The number of ether oxygens (including phenoxy) is 2. The van der Waals surface area contributed by atoms with Crippen molar-refractivity contribution >= 4 is 46.6 Å². The van der Waals surface area contributed by atoms with Crippen LogP contribution in [0, 0.1) is 0 Å². The molecular formula is C16H16ClNO6S. The lowest BCUT2D eigenvalue weighted by atomic mass is 10.1. The minimum absolute atomic E-state index is 0.107. The number of rotatable bonds is 6. The summed E-state index contributed by atoms with van der Waals surface area (Å²) in [5.74, 6) is -1.15. The van der Waals surface area contributed by atoms with Gasteiger partial charge in [-0.05, 0) is 49.4 Å². The number of hydrogen-bond donors (Lipinski definition) is 1. The van der Waals surface area contributed by atoms with E-state index in [0.29, 0.717) is 38.7 Å². The Morgan fingerprint density at radius 2 is 2.08 bits per heavy atom. The van der Waals surface area contributed by atoms with Crippen LogP contribution < -0.4 is 9.47 Å². The Labute approximate surface area is 153 Å². The summed E-state index contributed by atoms with van der Waals surface area (Å²) in [6.07, 6.45) is 1.35. The molecular weight excluding hydrogens is 370 g/mol. The number of benzene rings is 1. The van der Waals surface area contributed by atoms with Gasteiger partial charge < -0.3 is 14.6 Å². The maximum Gasteiger partial charge on any atom is 0.323 e. The molecule has 1 heterocycles. The van der Waals surface area contributed by atoms with Gasteiger partial charge in [0.15, 0.2) is 11.5 Å². The van der Waals surface area contributed by atoms with Crippen LogP contribution in [0.15, 0.2) is 17.0 Å². The molecule has 1 aromatic carbocycles. The SMILES string of the molecule is COc1cc(/C=C2/SC(=O)N(CC(=O)O)C2=O)cc(Cl)c1OC(C)C. The van der Waals surface area contributed by atoms with Gasteiger partial charge in [-0.25, -0.2) is 0 Å². The van der Waals surface area contributed by atoms with E-state index in [-0.39, 0.29) is 11.0 Å². The van der Waals surface area contributed by atoms with Gasteiger partial charge in [-0.1, -0.05) is 11.6 Å². The summed E-state index contributed by atoms with van der Waals surface area (Å²) >= 11 is 6.90. The zero-order valence-corrected chi connectivity index (χ0v) is 15.3. The number of hydrogen-bond acceptors (Lipinski definition) is 6. The minimum Gasteiger partial charge on any atom is -0.493 e. The van der Waals surface area contributed by atoms with Gasteiger partial charge in [0.2, 0.25) is 0 Å². The molecule has 0 aliphatic carbocycles. The fraction of sp³-hybridized carbons (Fsp3) is 0.312. The molecule has 1 aliphatic heterocycles. The van der Waals surface area contributed by atoms with Gasteiger partial charge in [-0.15, -0.1) is 0 Å². The van der Waals surface area contributed by atoms with Crippen LogP contribution in [-0.4, -0.2) is 46.9 Å². The van der Waals surface area contributed by atoms with Gasteiger partial charge in [0.1, 0.15) is 6.54 Å². The molecule has 134 valence electrons. The maximum absolute atomic E-state index is 12.2. The second kappa shape index (κ2) is 7.79. The van der Waals surface area contributed by atoms with Crippen LogP contribution in [0.25, 0.3) is 6.08 Å². The van der Waals surface area contributed by atoms with Crippen LogP contribution in [0.1, 0.15) is 19.4 Å². The smallest absolute Gasteiger partial charge is 0.323 e. The van der Waals surface area contributed by atoms with Crippen LogP contribution in [-0.2, 0) is 9.59 Å². The molecule has 9 heteroatoms. The number of carbonyl (C=O) groups is 3. The zero-order chi connectivity index (χ0) is 18.7. The number of thioether (sulfide) groups is 1. The van der Waals surface area contributed by atoms with E-state index in [4.69, 9.17) is 26.2 Å². The molecule has 2 amide bonds. The molecule has 7 nitrogen and oxygen atoms in total. The monoisotopic (exact) mass is 385 g/mol. The number of nitrogens with zero attached hydrogens (tertiary/aromatic N) is 1. The molecule has 0 spiro atoms. The average Bonchev–Trinajstić information content (AvgIpc) is 2.76. The highest BCUT2D eigenvalue weighted by Crippen LogP contribution is 2.39. The third kappa shape index (κ3) is 4.46. The first-order valence-corrected chi connectivity index (χ1v) is 8.43. The molecule has 0 radical (unpaired) electrons. The van der Waals surface area contributed by atoms with Gasteiger partial charge in [-0.2, -0.15) is 0 Å². The van der Waals surface area contributed by atoms with Crippen molar-refractivity contribution in [2.24, 2.45) is 0 Å². The summed E-state index contributed by atoms with van der Waals surface area (Å²) in [6, 6.07) is 3.20. The zero-order valence-electron chi connectivity index (χ0n) is 13.7. The van der Waals surface area contributed by atoms with E-state index in [1.54, 1.807) is 12.1 Å². The summed E-state index contributed by atoms with van der Waals surface area (Å²) in [6.45, 7) is 3.03. The summed E-state index contributed by atoms with van der Waals surface area (Å²) in [4.78, 5) is 35.5. The molecule has 0 bridgehead atoms. The number of amides is 2. The van der Waals surface area contributed by atoms with E-state index in [2.05, 4.69) is 0 Å². The Hall–Kier alpha value is -2.19. The highest BCUT2D eigenvalue weighted by molar-refractivity contribution is 8.18. The largest absolute Gasteiger partial charge is 0.493 e. The molecule has 1 saturated heterocycles. The van der Waals surface area contributed by atoms with Crippen molar-refractivity contribution in [1.82, 2.24) is 4.90 Å². The number of imide groups is 1. The van der Waals surface area contributed by atoms with Crippen molar-refractivity contribution in [3.05, 3.63) is 27.6 Å². The van der Waals surface area contributed by atoms with Crippen LogP contribution in [0.3, 0.4) is 0 Å². The van der Waals surface area contributed by atoms with Gasteiger partial charge in [-0.3, -0.25) is 19.3 Å². The molecule has 0 atom stereocenters. The standard InChI is InChI=1S/C16H16ClNO6S/c1-8(2)24-14-10(17)4-9(5-11(14)23-3)6-12-15(21)18(7-13(19)20)16(22)25-12/h4-6,8H,7H2,1-3H3,(H,19,20)/b12-6+. The molecule has 0 unspecified atom stereocenters. The number of carboxylic acids is 1. The molecule has 1 aromatic rings. The second-order valence-corrected chi connectivity index (χ2v) is 6.76. The predicted molar refractivity (Wildman–Crippen MR) is 94.1 cm³/mol. The molecule has 1 N–H and O–H groups in total. The first-order valence-electron chi connectivity index (χ1n) is 7.24. The molecule has 25 heavy (non-hydrogen) atoms.